The Morgan fingerprint density at radius 1 is 0.935 bits per heavy atom. The van der Waals surface area contributed by atoms with E-state index in [1.54, 1.807) is 36.4 Å². The molecule has 0 radical (unpaired) electrons. The van der Waals surface area contributed by atoms with Crippen molar-refractivity contribution in [3.8, 4) is 17.2 Å². The molecule has 3 aromatic carbocycles. The average Bonchev–Trinajstić information content (AvgIpc) is 2.77. The highest BCUT2D eigenvalue weighted by molar-refractivity contribution is 5.90. The molecule has 0 fully saturated rings. The van der Waals surface area contributed by atoms with Crippen molar-refractivity contribution >= 4 is 11.6 Å². The van der Waals surface area contributed by atoms with Gasteiger partial charge in [0.05, 0.1) is 13.0 Å². The van der Waals surface area contributed by atoms with E-state index >= 15 is 0 Å². The Balaban J connectivity index is 1.48. The first kappa shape index (κ1) is 22.3. The highest BCUT2D eigenvalue weighted by atomic mass is 19.1. The van der Waals surface area contributed by atoms with Crippen molar-refractivity contribution in [3.63, 3.8) is 0 Å². The maximum absolute atomic E-state index is 13.5. The highest BCUT2D eigenvalue weighted by Gasteiger charge is 2.17. The van der Waals surface area contributed by atoms with Gasteiger partial charge in [0.15, 0.2) is 11.6 Å². The van der Waals surface area contributed by atoms with E-state index in [0.29, 0.717) is 11.4 Å². The normalized spacial score (nSPS) is 11.1. The molecule has 162 valence electrons. The van der Waals surface area contributed by atoms with Gasteiger partial charge in [-0.05, 0) is 65.9 Å². The SMILES string of the molecule is CCC(C)(C)c1ccc(Oc2ccc(NC(=O)CCOc3ccccc3F)cc2)cc1. The van der Waals surface area contributed by atoms with Gasteiger partial charge in [-0.3, -0.25) is 4.79 Å². The van der Waals surface area contributed by atoms with E-state index in [2.05, 4.69) is 38.2 Å². The molecule has 0 bridgehead atoms. The standard InChI is InChI=1S/C26H28FNO3/c1-4-26(2,3)19-9-13-21(14-10-19)31-22-15-11-20(12-16-22)28-25(29)17-18-30-24-8-6-5-7-23(24)27/h5-16H,4,17-18H2,1-3H3,(H,28,29). The lowest BCUT2D eigenvalue weighted by Gasteiger charge is -2.23. The first-order valence-corrected chi connectivity index (χ1v) is 10.4. The van der Waals surface area contributed by atoms with Crippen LogP contribution in [0.4, 0.5) is 10.1 Å². The summed E-state index contributed by atoms with van der Waals surface area (Å²) in [5.41, 5.74) is 2.07. The Hall–Kier alpha value is -3.34. The van der Waals surface area contributed by atoms with E-state index in [1.165, 1.54) is 17.7 Å². The Bertz CT molecular complexity index is 998. The number of carbonyl (C=O) groups excluding carboxylic acids is 1. The second kappa shape index (κ2) is 10.1. The van der Waals surface area contributed by atoms with Crippen LogP contribution < -0.4 is 14.8 Å². The number of carbonyl (C=O) groups is 1. The number of anilines is 1. The van der Waals surface area contributed by atoms with Crippen molar-refractivity contribution in [2.24, 2.45) is 0 Å². The molecule has 0 aliphatic heterocycles. The molecule has 0 unspecified atom stereocenters. The van der Waals surface area contributed by atoms with Gasteiger partial charge in [-0.15, -0.1) is 0 Å². The summed E-state index contributed by atoms with van der Waals surface area (Å²) in [6.45, 7) is 6.73. The van der Waals surface area contributed by atoms with Gasteiger partial charge in [-0.1, -0.05) is 45.0 Å². The summed E-state index contributed by atoms with van der Waals surface area (Å²) in [5.74, 6) is 0.936. The molecule has 4 nitrogen and oxygen atoms in total. The summed E-state index contributed by atoms with van der Waals surface area (Å²) in [7, 11) is 0. The summed E-state index contributed by atoms with van der Waals surface area (Å²) in [4.78, 5) is 12.1. The fraction of sp³-hybridized carbons (Fsp3) is 0.269. The van der Waals surface area contributed by atoms with Crippen molar-refractivity contribution in [1.29, 1.82) is 0 Å². The predicted molar refractivity (Wildman–Crippen MR) is 121 cm³/mol. The number of nitrogens with one attached hydrogen (secondary N) is 1. The molecule has 0 atom stereocenters. The van der Waals surface area contributed by atoms with Gasteiger partial charge < -0.3 is 14.8 Å². The fourth-order valence-corrected chi connectivity index (χ4v) is 2.96. The zero-order valence-electron chi connectivity index (χ0n) is 18.2. The van der Waals surface area contributed by atoms with Gasteiger partial charge in [-0.2, -0.15) is 0 Å². The minimum atomic E-state index is -0.442. The van der Waals surface area contributed by atoms with Gasteiger partial charge in [0, 0.05) is 5.69 Å². The Labute approximate surface area is 183 Å². The van der Waals surface area contributed by atoms with Gasteiger partial charge in [-0.25, -0.2) is 4.39 Å². The summed E-state index contributed by atoms with van der Waals surface area (Å²) in [6.07, 6.45) is 1.18. The molecule has 31 heavy (non-hydrogen) atoms. The average molecular weight is 422 g/mol. The first-order valence-electron chi connectivity index (χ1n) is 10.4. The van der Waals surface area contributed by atoms with Crippen molar-refractivity contribution in [3.05, 3.63) is 84.2 Å². The molecule has 0 aliphatic rings. The van der Waals surface area contributed by atoms with Crippen LogP contribution in [0.1, 0.15) is 39.2 Å². The second-order valence-electron chi connectivity index (χ2n) is 7.97. The molecule has 0 heterocycles. The van der Waals surface area contributed by atoms with Crippen molar-refractivity contribution < 1.29 is 18.7 Å². The maximum atomic E-state index is 13.5. The smallest absolute Gasteiger partial charge is 0.227 e. The maximum Gasteiger partial charge on any atom is 0.227 e. The number of rotatable bonds is 9. The third kappa shape index (κ3) is 6.32. The molecule has 0 spiro atoms. The fourth-order valence-electron chi connectivity index (χ4n) is 2.96. The number of halogens is 1. The number of hydrogen-bond donors (Lipinski definition) is 1. The lowest BCUT2D eigenvalue weighted by atomic mass is 9.82. The van der Waals surface area contributed by atoms with Crippen molar-refractivity contribution in [1.82, 2.24) is 0 Å². The van der Waals surface area contributed by atoms with E-state index in [1.807, 2.05) is 12.1 Å². The van der Waals surface area contributed by atoms with Gasteiger partial charge in [0.2, 0.25) is 5.91 Å². The Kier molecular flexibility index (Phi) is 7.29. The van der Waals surface area contributed by atoms with Crippen LogP contribution in [0.15, 0.2) is 72.8 Å². The van der Waals surface area contributed by atoms with Crippen LogP contribution in [-0.2, 0) is 10.2 Å². The topological polar surface area (TPSA) is 47.6 Å². The van der Waals surface area contributed by atoms with Crippen LogP contribution in [-0.4, -0.2) is 12.5 Å². The third-order valence-corrected chi connectivity index (χ3v) is 5.32. The largest absolute Gasteiger partial charge is 0.490 e. The number of amides is 1. The minimum Gasteiger partial charge on any atom is -0.490 e. The molecule has 5 heteroatoms. The van der Waals surface area contributed by atoms with E-state index < -0.39 is 5.82 Å². The number of ether oxygens (including phenoxy) is 2. The van der Waals surface area contributed by atoms with E-state index in [0.717, 1.165) is 12.2 Å². The summed E-state index contributed by atoms with van der Waals surface area (Å²) in [5, 5.41) is 2.80. The second-order valence-corrected chi connectivity index (χ2v) is 7.97. The van der Waals surface area contributed by atoms with Crippen LogP contribution in [0.5, 0.6) is 17.2 Å². The number of benzene rings is 3. The molecule has 0 saturated carbocycles. The summed E-state index contributed by atoms with van der Waals surface area (Å²) < 4.78 is 24.7. The molecule has 1 N–H and O–H groups in total. The Morgan fingerprint density at radius 3 is 2.16 bits per heavy atom. The van der Waals surface area contributed by atoms with Crippen LogP contribution >= 0.6 is 0 Å². The Morgan fingerprint density at radius 2 is 1.55 bits per heavy atom. The minimum absolute atomic E-state index is 0.0960. The van der Waals surface area contributed by atoms with E-state index in [4.69, 9.17) is 9.47 Å². The number of para-hydroxylation sites is 1. The van der Waals surface area contributed by atoms with Crippen LogP contribution in [0.3, 0.4) is 0 Å². The zero-order valence-corrected chi connectivity index (χ0v) is 18.2. The monoisotopic (exact) mass is 421 g/mol. The van der Waals surface area contributed by atoms with E-state index in [-0.39, 0.29) is 30.1 Å². The molecule has 1 amide bonds. The summed E-state index contributed by atoms with van der Waals surface area (Å²) in [6, 6.07) is 21.4. The van der Waals surface area contributed by atoms with Gasteiger partial charge in [0.25, 0.3) is 0 Å². The predicted octanol–water partition coefficient (Wildman–Crippen LogP) is 6.71. The molecule has 3 rings (SSSR count). The highest BCUT2D eigenvalue weighted by Crippen LogP contribution is 2.30. The lowest BCUT2D eigenvalue weighted by Crippen LogP contribution is -2.15. The van der Waals surface area contributed by atoms with Crippen molar-refractivity contribution in [2.75, 3.05) is 11.9 Å². The van der Waals surface area contributed by atoms with Crippen LogP contribution in [0, 0.1) is 5.82 Å². The van der Waals surface area contributed by atoms with Crippen LogP contribution in [0.2, 0.25) is 0 Å². The molecule has 0 aromatic heterocycles. The van der Waals surface area contributed by atoms with Gasteiger partial charge >= 0.3 is 0 Å². The molecule has 0 saturated heterocycles. The molecule has 0 aliphatic carbocycles. The molecular formula is C26H28FNO3. The molecular weight excluding hydrogens is 393 g/mol. The quantitative estimate of drug-likeness (QED) is 0.417. The zero-order chi connectivity index (χ0) is 22.3. The van der Waals surface area contributed by atoms with E-state index in [9.17, 15) is 9.18 Å². The number of hydrogen-bond acceptors (Lipinski definition) is 3. The molecule has 3 aromatic rings. The van der Waals surface area contributed by atoms with Gasteiger partial charge in [0.1, 0.15) is 11.5 Å². The third-order valence-electron chi connectivity index (χ3n) is 5.32. The van der Waals surface area contributed by atoms with Crippen LogP contribution in [0.25, 0.3) is 0 Å². The van der Waals surface area contributed by atoms with Crippen molar-refractivity contribution in [2.45, 2.75) is 39.0 Å². The summed E-state index contributed by atoms with van der Waals surface area (Å²) >= 11 is 0. The lowest BCUT2D eigenvalue weighted by molar-refractivity contribution is -0.116. The first-order chi connectivity index (χ1) is 14.9.